The molecule has 1 heterocycles. The van der Waals surface area contributed by atoms with Crippen molar-refractivity contribution < 1.29 is 8.78 Å². The first-order valence-corrected chi connectivity index (χ1v) is 5.23. The maximum atomic E-state index is 13.2. The number of alkyl halides is 2. The highest BCUT2D eigenvalue weighted by atomic mass is 19.3. The molecular formula is C10H19F2N. The zero-order valence-electron chi connectivity index (χ0n) is 8.52. The Morgan fingerprint density at radius 3 is 2.15 bits per heavy atom. The minimum atomic E-state index is -2.57. The van der Waals surface area contributed by atoms with Crippen LogP contribution in [0.5, 0.6) is 0 Å². The summed E-state index contributed by atoms with van der Waals surface area (Å²) in [5.41, 5.74) is 0. The quantitative estimate of drug-likeness (QED) is 0.619. The second-order valence-electron chi connectivity index (χ2n) is 3.86. The molecule has 0 aromatic rings. The van der Waals surface area contributed by atoms with Gasteiger partial charge >= 0.3 is 6.05 Å². The highest BCUT2D eigenvalue weighted by molar-refractivity contribution is 4.76. The van der Waals surface area contributed by atoms with Crippen LogP contribution in [-0.4, -0.2) is 24.0 Å². The van der Waals surface area contributed by atoms with Crippen LogP contribution in [-0.2, 0) is 0 Å². The molecular weight excluding hydrogens is 172 g/mol. The number of rotatable bonds is 3. The molecule has 1 aliphatic heterocycles. The summed E-state index contributed by atoms with van der Waals surface area (Å²) in [5.74, 6) is 0.670. The molecule has 0 aromatic heterocycles. The lowest BCUT2D eigenvalue weighted by molar-refractivity contribution is -0.158. The van der Waals surface area contributed by atoms with Gasteiger partial charge in [0.05, 0.1) is 0 Å². The van der Waals surface area contributed by atoms with Crippen molar-refractivity contribution in [3.63, 3.8) is 0 Å². The lowest BCUT2D eigenvalue weighted by Gasteiger charge is -2.36. The largest absolute Gasteiger partial charge is 0.304 e. The molecule has 3 heteroatoms. The van der Waals surface area contributed by atoms with Gasteiger partial charge in [0.15, 0.2) is 0 Å². The Kier molecular flexibility index (Phi) is 3.65. The summed E-state index contributed by atoms with van der Waals surface area (Å²) >= 11 is 0. The van der Waals surface area contributed by atoms with Crippen LogP contribution in [0.3, 0.4) is 0 Å². The highest BCUT2D eigenvalue weighted by Crippen LogP contribution is 2.29. The summed E-state index contributed by atoms with van der Waals surface area (Å²) in [6.07, 6.45) is 2.94. The molecule has 0 aromatic carbocycles. The van der Waals surface area contributed by atoms with Crippen molar-refractivity contribution in [2.75, 3.05) is 13.1 Å². The van der Waals surface area contributed by atoms with Crippen molar-refractivity contribution >= 4 is 0 Å². The molecule has 1 nitrogen and oxygen atoms in total. The van der Waals surface area contributed by atoms with Gasteiger partial charge in [-0.3, -0.25) is 0 Å². The number of nitrogens with zero attached hydrogens (tertiary/aromatic N) is 1. The highest BCUT2D eigenvalue weighted by Gasteiger charge is 2.36. The molecule has 0 spiro atoms. The molecule has 0 saturated carbocycles. The fourth-order valence-corrected chi connectivity index (χ4v) is 1.89. The van der Waals surface area contributed by atoms with E-state index in [1.165, 1.54) is 4.90 Å². The zero-order chi connectivity index (χ0) is 9.90. The summed E-state index contributed by atoms with van der Waals surface area (Å²) in [6, 6.07) is -2.57. The van der Waals surface area contributed by atoms with Gasteiger partial charge in [0.25, 0.3) is 0 Å². The Labute approximate surface area is 79.1 Å². The van der Waals surface area contributed by atoms with Gasteiger partial charge in [0.1, 0.15) is 0 Å². The standard InChI is InChI=1S/C10H19F2N/c1-3-9-5-7-13(8-6-9)10(11,12)4-2/h9H,3-8H2,1-2H3. The van der Waals surface area contributed by atoms with Crippen LogP contribution in [0, 0.1) is 5.92 Å². The van der Waals surface area contributed by atoms with Crippen molar-refractivity contribution in [1.82, 2.24) is 4.90 Å². The minimum Gasteiger partial charge on any atom is -0.245 e. The van der Waals surface area contributed by atoms with Crippen LogP contribution in [0.1, 0.15) is 39.5 Å². The van der Waals surface area contributed by atoms with Crippen molar-refractivity contribution in [2.24, 2.45) is 5.92 Å². The average molecular weight is 191 g/mol. The first kappa shape index (κ1) is 10.9. The molecule has 0 bridgehead atoms. The van der Waals surface area contributed by atoms with Gasteiger partial charge in [-0.15, -0.1) is 0 Å². The van der Waals surface area contributed by atoms with Crippen LogP contribution < -0.4 is 0 Å². The fourth-order valence-electron chi connectivity index (χ4n) is 1.89. The summed E-state index contributed by atoms with van der Waals surface area (Å²) in [7, 11) is 0. The molecule has 1 rings (SSSR count). The second kappa shape index (κ2) is 4.36. The lowest BCUT2D eigenvalue weighted by Crippen LogP contribution is -2.45. The Balaban J connectivity index is 2.40. The van der Waals surface area contributed by atoms with Gasteiger partial charge < -0.3 is 0 Å². The molecule has 78 valence electrons. The van der Waals surface area contributed by atoms with Crippen LogP contribution in [0.2, 0.25) is 0 Å². The topological polar surface area (TPSA) is 3.24 Å². The fraction of sp³-hybridized carbons (Fsp3) is 1.00. The number of likely N-dealkylation sites (tertiary alicyclic amines) is 1. The van der Waals surface area contributed by atoms with E-state index in [0.29, 0.717) is 19.0 Å². The molecule has 0 radical (unpaired) electrons. The molecule has 13 heavy (non-hydrogen) atoms. The van der Waals surface area contributed by atoms with E-state index >= 15 is 0 Å². The molecule has 0 amide bonds. The first-order valence-electron chi connectivity index (χ1n) is 5.23. The number of piperidine rings is 1. The molecule has 1 fully saturated rings. The van der Waals surface area contributed by atoms with E-state index < -0.39 is 6.05 Å². The predicted molar refractivity (Wildman–Crippen MR) is 49.8 cm³/mol. The zero-order valence-corrected chi connectivity index (χ0v) is 8.52. The van der Waals surface area contributed by atoms with E-state index in [2.05, 4.69) is 6.92 Å². The minimum absolute atomic E-state index is 0.0657. The van der Waals surface area contributed by atoms with E-state index in [9.17, 15) is 8.78 Å². The van der Waals surface area contributed by atoms with Gasteiger partial charge in [-0.05, 0) is 18.8 Å². The van der Waals surface area contributed by atoms with Crippen molar-refractivity contribution in [3.8, 4) is 0 Å². The van der Waals surface area contributed by atoms with Crippen molar-refractivity contribution in [3.05, 3.63) is 0 Å². The average Bonchev–Trinajstić information content (AvgIpc) is 2.18. The summed E-state index contributed by atoms with van der Waals surface area (Å²) in [5, 5.41) is 0. The maximum Gasteiger partial charge on any atom is 0.304 e. The van der Waals surface area contributed by atoms with Gasteiger partial charge in [-0.1, -0.05) is 20.3 Å². The Hall–Kier alpha value is -0.180. The SMILES string of the molecule is CCC1CCN(C(F)(F)CC)CC1. The summed E-state index contributed by atoms with van der Waals surface area (Å²) in [6.45, 7) is 4.82. The first-order chi connectivity index (χ1) is 6.10. The maximum absolute atomic E-state index is 13.2. The monoisotopic (exact) mass is 191 g/mol. The van der Waals surface area contributed by atoms with Crippen molar-refractivity contribution in [2.45, 2.75) is 45.6 Å². The Bertz CT molecular complexity index is 151. The normalized spacial score (nSPS) is 22.2. The molecule has 0 aliphatic carbocycles. The van der Waals surface area contributed by atoms with Gasteiger partial charge in [0, 0.05) is 19.5 Å². The Morgan fingerprint density at radius 2 is 1.77 bits per heavy atom. The number of hydrogen-bond donors (Lipinski definition) is 0. The van der Waals surface area contributed by atoms with Crippen LogP contribution >= 0.6 is 0 Å². The molecule has 0 N–H and O–H groups in total. The number of hydrogen-bond acceptors (Lipinski definition) is 1. The predicted octanol–water partition coefficient (Wildman–Crippen LogP) is 3.11. The molecule has 0 atom stereocenters. The lowest BCUT2D eigenvalue weighted by atomic mass is 9.94. The third-order valence-corrected chi connectivity index (χ3v) is 3.08. The van der Waals surface area contributed by atoms with E-state index in [1.54, 1.807) is 6.92 Å². The van der Waals surface area contributed by atoms with E-state index in [1.807, 2.05) is 0 Å². The molecule has 1 saturated heterocycles. The Morgan fingerprint density at radius 1 is 1.23 bits per heavy atom. The smallest absolute Gasteiger partial charge is 0.245 e. The third kappa shape index (κ3) is 2.63. The van der Waals surface area contributed by atoms with Gasteiger partial charge in [-0.2, -0.15) is 8.78 Å². The van der Waals surface area contributed by atoms with Gasteiger partial charge in [0.2, 0.25) is 0 Å². The summed E-state index contributed by atoms with van der Waals surface area (Å²) in [4.78, 5) is 1.33. The van der Waals surface area contributed by atoms with E-state index in [-0.39, 0.29) is 6.42 Å². The van der Waals surface area contributed by atoms with Crippen molar-refractivity contribution in [1.29, 1.82) is 0 Å². The number of halogens is 2. The summed E-state index contributed by atoms with van der Waals surface area (Å²) < 4.78 is 26.4. The molecule has 1 aliphatic rings. The van der Waals surface area contributed by atoms with Crippen LogP contribution in [0.4, 0.5) is 8.78 Å². The van der Waals surface area contributed by atoms with E-state index in [4.69, 9.17) is 0 Å². The second-order valence-corrected chi connectivity index (χ2v) is 3.86. The third-order valence-electron chi connectivity index (χ3n) is 3.08. The van der Waals surface area contributed by atoms with Gasteiger partial charge in [-0.25, -0.2) is 4.90 Å². The van der Waals surface area contributed by atoms with Crippen LogP contribution in [0.25, 0.3) is 0 Å². The van der Waals surface area contributed by atoms with E-state index in [0.717, 1.165) is 19.3 Å². The van der Waals surface area contributed by atoms with Crippen LogP contribution in [0.15, 0.2) is 0 Å². The molecule has 0 unspecified atom stereocenters.